The van der Waals surface area contributed by atoms with E-state index in [4.69, 9.17) is 30.1 Å². The first-order valence-corrected chi connectivity index (χ1v) is 20.2. The number of aliphatic imine (C=N–C) groups is 4. The van der Waals surface area contributed by atoms with Gasteiger partial charge in [0, 0.05) is 40.5 Å². The second-order valence-corrected chi connectivity index (χ2v) is 15.1. The first-order valence-electron chi connectivity index (χ1n) is 20.2. The number of alkyl halides is 3. The van der Waals surface area contributed by atoms with E-state index < -0.39 is 12.1 Å². The van der Waals surface area contributed by atoms with Crippen molar-refractivity contribution in [3.8, 4) is 0 Å². The van der Waals surface area contributed by atoms with Crippen LogP contribution >= 0.6 is 0 Å². The van der Waals surface area contributed by atoms with E-state index in [0.29, 0.717) is 12.1 Å². The Morgan fingerprint density at radius 1 is 0.696 bits per heavy atom. The molecule has 1 N–H and O–H groups in total. The summed E-state index contributed by atoms with van der Waals surface area (Å²) >= 11 is 0. The Bertz CT molecular complexity index is 1700. The number of benzene rings is 2. The number of hydrogen-bond acceptors (Lipinski definition) is 6. The summed E-state index contributed by atoms with van der Waals surface area (Å²) in [4.78, 5) is 35.3. The molecular weight excluding hydrogens is 1150 g/mol. The quantitative estimate of drug-likeness (QED) is 0.121. The van der Waals surface area contributed by atoms with E-state index in [-0.39, 0.29) is 83.0 Å². The van der Waals surface area contributed by atoms with Crippen molar-refractivity contribution in [1.29, 1.82) is 0 Å². The summed E-state index contributed by atoms with van der Waals surface area (Å²) in [6, 6.07) is 17.7. The minimum absolute atomic E-state index is 0. The van der Waals surface area contributed by atoms with Gasteiger partial charge in [0.1, 0.15) is 0 Å². The van der Waals surface area contributed by atoms with Crippen LogP contribution in [0.5, 0.6) is 0 Å². The molecule has 2 aromatic rings. The molecule has 0 heterocycles. The van der Waals surface area contributed by atoms with Crippen molar-refractivity contribution >= 4 is 52.7 Å². The third-order valence-corrected chi connectivity index (χ3v) is 7.40. The molecule has 0 fully saturated rings. The number of carboxylic acids is 1. The predicted octanol–water partition coefficient (Wildman–Crippen LogP) is 15.4. The summed E-state index contributed by atoms with van der Waals surface area (Å²) in [5.41, 5.74) is 15.3. The molecule has 2 unspecified atom stereocenters. The molecule has 2 atom stereocenters. The molecule has 0 bridgehead atoms. The van der Waals surface area contributed by atoms with Gasteiger partial charge in [-0.15, -0.1) is 29.3 Å². The van der Waals surface area contributed by atoms with Crippen LogP contribution in [0.15, 0.2) is 125 Å². The molecule has 10 nitrogen and oxygen atoms in total. The summed E-state index contributed by atoms with van der Waals surface area (Å²) in [5, 5.41) is 23.1. The number of nitrogens with zero attached hydrogens (tertiary/aromatic N) is 7. The fourth-order valence-electron chi connectivity index (χ4n) is 3.96. The monoisotopic (exact) mass is 1230 g/mol. The number of aliphatic carboxylic acids is 1. The van der Waals surface area contributed by atoms with Gasteiger partial charge in [0.25, 0.3) is 12.1 Å². The van der Waals surface area contributed by atoms with Crippen LogP contribution in [0.4, 0.5) is 24.5 Å². The molecule has 0 aliphatic rings. The second kappa shape index (κ2) is 56.7. The third-order valence-electron chi connectivity index (χ3n) is 7.40. The number of hydrogen-bond donors (Lipinski definition) is 1. The zero-order valence-corrected chi connectivity index (χ0v) is 48.7. The Kier molecular flexibility index (Phi) is 75.0. The minimum Gasteiger partial charge on any atom is -0.814 e. The van der Waals surface area contributed by atoms with Crippen LogP contribution in [0.2, 0.25) is 0 Å². The largest absolute Gasteiger partial charge is 2.00 e. The zero-order chi connectivity index (χ0) is 53.0. The van der Waals surface area contributed by atoms with E-state index in [9.17, 15) is 13.2 Å². The third kappa shape index (κ3) is 66.2. The number of carbonyl (C=O) groups is 1. The number of carboxylic acid groups (broad SMARTS) is 1. The number of para-hydroxylation sites is 2. The van der Waals surface area contributed by atoms with E-state index in [1.54, 1.807) is 21.0 Å². The van der Waals surface area contributed by atoms with E-state index in [0.717, 1.165) is 53.8 Å². The Morgan fingerprint density at radius 3 is 1.06 bits per heavy atom. The van der Waals surface area contributed by atoms with E-state index >= 15 is 0 Å². The van der Waals surface area contributed by atoms with Crippen molar-refractivity contribution < 1.29 is 86.3 Å². The molecule has 397 valence electrons. The number of rotatable bonds is 8. The molecule has 2 aromatic carbocycles. The molecule has 2 rings (SSSR count). The van der Waals surface area contributed by atoms with Gasteiger partial charge in [0.05, 0.1) is 34.2 Å². The summed E-state index contributed by atoms with van der Waals surface area (Å²) < 4.78 is 31.1. The fraction of sp³-hybridized carbons (Fsp3) is 0.472. The first kappa shape index (κ1) is 91.4. The molecule has 0 aromatic heterocycles. The summed E-state index contributed by atoms with van der Waals surface area (Å²) in [7, 11) is 7.24. The van der Waals surface area contributed by atoms with Gasteiger partial charge in [-0.05, 0) is 61.8 Å². The normalized spacial score (nSPS) is 11.0. The van der Waals surface area contributed by atoms with Crippen molar-refractivity contribution in [2.75, 3.05) is 28.2 Å². The molecule has 0 spiro atoms. The average molecular weight is 1230 g/mol. The van der Waals surface area contributed by atoms with Crippen LogP contribution < -0.4 is 0 Å². The Morgan fingerprint density at radius 2 is 0.899 bits per heavy atom. The topological polar surface area (TPSA) is 154 Å². The molecule has 16 heteroatoms. The molecule has 69 heavy (non-hydrogen) atoms. The molecule has 0 amide bonds. The van der Waals surface area contributed by atoms with Crippen LogP contribution in [0, 0.1) is 0 Å². The van der Waals surface area contributed by atoms with Gasteiger partial charge in [0.2, 0.25) is 0 Å². The standard InChI is InChI=1S/C24H32N2.C7H16N2.C6H12N2.3C3H4.C2F3O.C2H4N.C2H4O2.CH4.3Rh/c1-17(25-21-15-11-9-13-19(21)23(3,4)5)18(2)26-22-16-12-10-14-20(22)24(6,7)8;1-6(8-3)5-7(2)9-4;1-5(7-3)6(2)8-4;3*1-3-2;3-2(4,5)1-6;1-2-3;1-2(3)4;;;;/h9-16H,1-8H3;6-7H,5H2,1-4H3;1-4H3;3*1-2H2;;2H,1H3;1H3,(H,3,4);1H4;;;/q;-2;;;;;2*-1;;;;2*+2. The maximum atomic E-state index is 10.4. The molecule has 0 saturated carbocycles. The Hall–Kier alpha value is -3.93. The second-order valence-electron chi connectivity index (χ2n) is 15.1. The maximum absolute atomic E-state index is 10.4. The molecule has 0 saturated heterocycles. The first-order chi connectivity index (χ1) is 29.9. The summed E-state index contributed by atoms with van der Waals surface area (Å²) in [6.07, 6.45) is -2.83. The SMILES string of the molecule is C.C=C=C.C=C=C.C=C=C.CC(=Nc1ccccc1C(C)(C)C)C(C)=Nc1ccccc1C(C)(C)C.CC(=O)O.CC=[N-].CN=C(C)C(C)=NC.C[N-]C(C)CC(C)[N-]C.O=[C-]C(F)(F)F.[Rh+2].[Rh+2].[Rh]. The van der Waals surface area contributed by atoms with Crippen molar-refractivity contribution in [1.82, 2.24) is 0 Å². The summed E-state index contributed by atoms with van der Waals surface area (Å²) in [5.74, 6) is -0.833. The minimum atomic E-state index is -4.76. The van der Waals surface area contributed by atoms with Gasteiger partial charge < -0.3 is 25.9 Å². The molecule has 0 aliphatic carbocycles. The van der Waals surface area contributed by atoms with Crippen molar-refractivity contribution in [2.24, 2.45) is 20.0 Å². The van der Waals surface area contributed by atoms with Crippen molar-refractivity contribution in [3.63, 3.8) is 0 Å². The van der Waals surface area contributed by atoms with E-state index in [1.807, 2.05) is 53.9 Å². The number of carbonyl (C=O) groups excluding carboxylic acids is 1. The van der Waals surface area contributed by atoms with Gasteiger partial charge in [-0.3, -0.25) is 24.8 Å². The number of halogens is 3. The average Bonchev–Trinajstić information content (AvgIpc) is 3.21. The zero-order valence-electron chi connectivity index (χ0n) is 43.8. The van der Waals surface area contributed by atoms with E-state index in [1.165, 1.54) is 11.1 Å². The van der Waals surface area contributed by atoms with Crippen molar-refractivity contribution in [2.45, 2.75) is 140 Å². The summed E-state index contributed by atoms with van der Waals surface area (Å²) in [6.45, 7) is 46.9. The van der Waals surface area contributed by atoms with Gasteiger partial charge in [-0.25, -0.2) is 19.4 Å². The molecule has 3 radical (unpaired) electrons. The van der Waals surface area contributed by atoms with Crippen molar-refractivity contribution in [3.05, 3.63) is 132 Å². The molecule has 0 aliphatic heterocycles. The van der Waals surface area contributed by atoms with Crippen LogP contribution in [-0.4, -0.2) is 92.9 Å². The van der Waals surface area contributed by atoms with Crippen LogP contribution in [0.3, 0.4) is 0 Å². The van der Waals surface area contributed by atoms with Gasteiger partial charge in [-0.2, -0.15) is 20.4 Å². The van der Waals surface area contributed by atoms with Gasteiger partial charge in [-0.1, -0.05) is 152 Å². The van der Waals surface area contributed by atoms with E-state index in [2.05, 4.69) is 169 Å². The van der Waals surface area contributed by atoms with Crippen LogP contribution in [-0.2, 0) is 78.9 Å². The molecular formula is C53H84F3N7O3Rh3. The smallest absolute Gasteiger partial charge is 0.814 e. The maximum Gasteiger partial charge on any atom is 2.00 e. The Labute approximate surface area is 456 Å². The van der Waals surface area contributed by atoms with Crippen LogP contribution in [0.25, 0.3) is 16.0 Å². The van der Waals surface area contributed by atoms with Gasteiger partial charge in [0.15, 0.2) is 0 Å². The van der Waals surface area contributed by atoms with Crippen LogP contribution in [0.1, 0.15) is 122 Å². The Balaban J connectivity index is -0.0000000724. The fourth-order valence-corrected chi connectivity index (χ4v) is 3.96. The van der Waals surface area contributed by atoms with Gasteiger partial charge >= 0.3 is 39.0 Å². The predicted molar refractivity (Wildman–Crippen MR) is 287 cm³/mol.